The van der Waals surface area contributed by atoms with Crippen molar-refractivity contribution in [2.24, 2.45) is 0 Å². The van der Waals surface area contributed by atoms with Crippen molar-refractivity contribution in [3.63, 3.8) is 0 Å². The number of hydrogen-bond donors (Lipinski definition) is 1. The van der Waals surface area contributed by atoms with E-state index in [9.17, 15) is 8.42 Å². The number of hydrogen-bond acceptors (Lipinski definition) is 5. The Hall–Kier alpha value is -2.09. The molecule has 1 aromatic heterocycles. The fourth-order valence-corrected chi connectivity index (χ4v) is 2.51. The van der Waals surface area contributed by atoms with Crippen LogP contribution in [0.25, 0.3) is 0 Å². The van der Waals surface area contributed by atoms with Crippen LogP contribution in [0.15, 0.2) is 35.7 Å². The van der Waals surface area contributed by atoms with Crippen molar-refractivity contribution in [1.29, 1.82) is 0 Å². The van der Waals surface area contributed by atoms with Gasteiger partial charge < -0.3 is 4.74 Å². The summed E-state index contributed by atoms with van der Waals surface area (Å²) in [6, 6.07) is 4.61. The second-order valence-electron chi connectivity index (χ2n) is 3.60. The zero-order valence-electron chi connectivity index (χ0n) is 9.86. The molecule has 1 heterocycles. The number of sulfonamides is 1. The van der Waals surface area contributed by atoms with E-state index in [1.807, 2.05) is 0 Å². The number of aromatic nitrogens is 3. The van der Waals surface area contributed by atoms with Crippen LogP contribution in [-0.4, -0.2) is 30.4 Å². The summed E-state index contributed by atoms with van der Waals surface area (Å²) >= 11 is 0. The average molecular weight is 268 g/mol. The Kier molecular flexibility index (Phi) is 3.19. The first-order valence-corrected chi connectivity index (χ1v) is 6.53. The number of methoxy groups -OCH3 is 1. The van der Waals surface area contributed by atoms with E-state index in [2.05, 4.69) is 15.0 Å². The van der Waals surface area contributed by atoms with Crippen molar-refractivity contribution in [1.82, 2.24) is 14.9 Å². The lowest BCUT2D eigenvalue weighted by molar-refractivity contribution is 0.411. The van der Waals surface area contributed by atoms with E-state index in [1.54, 1.807) is 13.0 Å². The molecular formula is C10H12N4O3S. The molecule has 1 aromatic carbocycles. The lowest BCUT2D eigenvalue weighted by Gasteiger charge is -2.10. The van der Waals surface area contributed by atoms with Crippen LogP contribution in [0, 0.1) is 6.92 Å². The van der Waals surface area contributed by atoms with Crippen LogP contribution >= 0.6 is 0 Å². The number of rotatable bonds is 4. The average Bonchev–Trinajstić information content (AvgIpc) is 2.81. The van der Waals surface area contributed by atoms with E-state index >= 15 is 0 Å². The zero-order valence-corrected chi connectivity index (χ0v) is 10.7. The van der Waals surface area contributed by atoms with Gasteiger partial charge in [0.15, 0.2) is 0 Å². The van der Waals surface area contributed by atoms with Gasteiger partial charge in [-0.05, 0) is 30.7 Å². The van der Waals surface area contributed by atoms with Crippen molar-refractivity contribution in [3.8, 4) is 5.75 Å². The summed E-state index contributed by atoms with van der Waals surface area (Å²) in [6.07, 6.45) is 2.52. The molecular weight excluding hydrogens is 256 g/mol. The maximum Gasteiger partial charge on any atom is 0.275 e. The van der Waals surface area contributed by atoms with Gasteiger partial charge in [0.05, 0.1) is 12.0 Å². The highest BCUT2D eigenvalue weighted by Crippen LogP contribution is 2.21. The van der Waals surface area contributed by atoms with Gasteiger partial charge in [-0.1, -0.05) is 0 Å². The van der Waals surface area contributed by atoms with E-state index < -0.39 is 10.0 Å². The molecule has 1 N–H and O–H groups in total. The molecule has 0 bridgehead atoms. The maximum atomic E-state index is 12.0. The van der Waals surface area contributed by atoms with Gasteiger partial charge >= 0.3 is 0 Å². The van der Waals surface area contributed by atoms with Gasteiger partial charge in [0.1, 0.15) is 18.4 Å². The van der Waals surface area contributed by atoms with Crippen molar-refractivity contribution < 1.29 is 13.2 Å². The Morgan fingerprint density at radius 1 is 1.28 bits per heavy atom. The first-order chi connectivity index (χ1) is 8.53. The van der Waals surface area contributed by atoms with E-state index in [-0.39, 0.29) is 4.90 Å². The van der Waals surface area contributed by atoms with Gasteiger partial charge in [-0.2, -0.15) is 8.42 Å². The molecule has 0 aliphatic carbocycles. The van der Waals surface area contributed by atoms with E-state index in [0.717, 1.165) is 10.2 Å². The molecule has 0 fully saturated rings. The Balaban J connectivity index is 2.33. The highest BCUT2D eigenvalue weighted by Gasteiger charge is 2.15. The summed E-state index contributed by atoms with van der Waals surface area (Å²) in [6.45, 7) is 1.77. The van der Waals surface area contributed by atoms with Crippen molar-refractivity contribution in [2.75, 3.05) is 11.9 Å². The molecule has 18 heavy (non-hydrogen) atoms. The first-order valence-electron chi connectivity index (χ1n) is 5.05. The first kappa shape index (κ1) is 12.4. The molecule has 0 aliphatic heterocycles. The molecule has 0 aliphatic rings. The highest BCUT2D eigenvalue weighted by molar-refractivity contribution is 7.92. The lowest BCUT2D eigenvalue weighted by Crippen LogP contribution is -2.22. The lowest BCUT2D eigenvalue weighted by atomic mass is 10.2. The molecule has 2 rings (SSSR count). The second-order valence-corrected chi connectivity index (χ2v) is 5.26. The van der Waals surface area contributed by atoms with E-state index in [0.29, 0.717) is 5.75 Å². The molecule has 0 spiro atoms. The van der Waals surface area contributed by atoms with Gasteiger partial charge in [0, 0.05) is 0 Å². The SMILES string of the molecule is COc1ccc(S(=O)(=O)Nn2cnnc2)cc1C. The van der Waals surface area contributed by atoms with Crippen LogP contribution < -0.4 is 9.57 Å². The topological polar surface area (TPSA) is 86.1 Å². The van der Waals surface area contributed by atoms with Crippen LogP contribution in [0.3, 0.4) is 0 Å². The molecule has 0 saturated heterocycles. The third-order valence-corrected chi connectivity index (χ3v) is 3.65. The Bertz CT molecular complexity index is 637. The molecule has 8 heteroatoms. The number of ether oxygens (including phenoxy) is 1. The predicted molar refractivity (Wildman–Crippen MR) is 64.3 cm³/mol. The monoisotopic (exact) mass is 268 g/mol. The normalized spacial score (nSPS) is 11.2. The standard InChI is InChI=1S/C10H12N4O3S/c1-8-5-9(3-4-10(8)17-2)18(15,16)13-14-6-11-12-7-14/h3-7,13H,1-2H3. The Morgan fingerprint density at radius 3 is 2.50 bits per heavy atom. The second kappa shape index (κ2) is 4.65. The van der Waals surface area contributed by atoms with E-state index in [1.165, 1.54) is 31.9 Å². The van der Waals surface area contributed by atoms with Crippen LogP contribution in [0.1, 0.15) is 5.56 Å². The summed E-state index contributed by atoms with van der Waals surface area (Å²) < 4.78 is 30.3. The fourth-order valence-electron chi connectivity index (χ4n) is 1.46. The molecule has 2 aromatic rings. The minimum absolute atomic E-state index is 0.148. The third kappa shape index (κ3) is 2.43. The Labute approximate surface area is 104 Å². The molecule has 7 nitrogen and oxygen atoms in total. The van der Waals surface area contributed by atoms with E-state index in [4.69, 9.17) is 4.74 Å². The minimum atomic E-state index is -3.65. The maximum absolute atomic E-state index is 12.0. The molecule has 0 saturated carbocycles. The largest absolute Gasteiger partial charge is 0.496 e. The number of aryl methyl sites for hydroxylation is 1. The van der Waals surface area contributed by atoms with Crippen LogP contribution in [0.4, 0.5) is 0 Å². The number of benzene rings is 1. The number of nitrogens with one attached hydrogen (secondary N) is 1. The molecule has 0 amide bonds. The fraction of sp³-hybridized carbons (Fsp3) is 0.200. The quantitative estimate of drug-likeness (QED) is 0.874. The summed E-state index contributed by atoms with van der Waals surface area (Å²) in [5.41, 5.74) is 0.740. The minimum Gasteiger partial charge on any atom is -0.496 e. The van der Waals surface area contributed by atoms with Gasteiger partial charge in [-0.3, -0.25) is 0 Å². The molecule has 0 unspecified atom stereocenters. The Morgan fingerprint density at radius 2 is 1.94 bits per heavy atom. The van der Waals surface area contributed by atoms with Crippen LogP contribution in [0.5, 0.6) is 5.75 Å². The summed E-state index contributed by atoms with van der Waals surface area (Å²) in [5.74, 6) is 0.637. The third-order valence-electron chi connectivity index (χ3n) is 2.32. The summed E-state index contributed by atoms with van der Waals surface area (Å²) in [4.78, 5) is 2.45. The van der Waals surface area contributed by atoms with Crippen LogP contribution in [-0.2, 0) is 10.0 Å². The van der Waals surface area contributed by atoms with Gasteiger partial charge in [-0.15, -0.1) is 10.2 Å². The highest BCUT2D eigenvalue weighted by atomic mass is 32.2. The van der Waals surface area contributed by atoms with Gasteiger partial charge in [0.25, 0.3) is 10.0 Å². The molecule has 0 radical (unpaired) electrons. The predicted octanol–water partition coefficient (Wildman–Crippen LogP) is 0.528. The number of nitrogens with zero attached hydrogens (tertiary/aromatic N) is 3. The van der Waals surface area contributed by atoms with Crippen molar-refractivity contribution in [3.05, 3.63) is 36.4 Å². The summed E-state index contributed by atoms with van der Waals surface area (Å²) in [5, 5.41) is 7.02. The van der Waals surface area contributed by atoms with Gasteiger partial charge in [0.2, 0.25) is 0 Å². The van der Waals surface area contributed by atoms with Crippen LogP contribution in [0.2, 0.25) is 0 Å². The van der Waals surface area contributed by atoms with Crippen molar-refractivity contribution in [2.45, 2.75) is 11.8 Å². The summed E-state index contributed by atoms with van der Waals surface area (Å²) in [7, 11) is -2.12. The molecule has 96 valence electrons. The van der Waals surface area contributed by atoms with Crippen molar-refractivity contribution >= 4 is 10.0 Å². The van der Waals surface area contributed by atoms with Gasteiger partial charge in [-0.25, -0.2) is 9.51 Å². The molecule has 0 atom stereocenters. The smallest absolute Gasteiger partial charge is 0.275 e. The zero-order chi connectivity index (χ0) is 13.2.